The Morgan fingerprint density at radius 1 is 1.56 bits per heavy atom. The van der Waals surface area contributed by atoms with Crippen molar-refractivity contribution in [1.82, 2.24) is 19.8 Å². The number of aromatic nitrogens is 4. The number of nitrogens with zero attached hydrogens (tertiary/aromatic N) is 4. The number of hydrogen-bond donors (Lipinski definition) is 2. The molecule has 0 spiro atoms. The van der Waals surface area contributed by atoms with Crippen LogP contribution in [0.3, 0.4) is 0 Å². The van der Waals surface area contributed by atoms with E-state index in [2.05, 4.69) is 20.6 Å². The fourth-order valence-corrected chi connectivity index (χ4v) is 1.56. The second-order valence-electron chi connectivity index (χ2n) is 3.73. The zero-order valence-corrected chi connectivity index (χ0v) is 9.38. The van der Waals surface area contributed by atoms with Crippen LogP contribution in [0.25, 0.3) is 5.65 Å². The number of aryl methyl sites for hydroxylation is 1. The van der Waals surface area contributed by atoms with Crippen molar-refractivity contribution in [3.8, 4) is 0 Å². The number of aliphatic hydroxyl groups excluding tert-OH is 1. The van der Waals surface area contributed by atoms with Gasteiger partial charge in [-0.1, -0.05) is 6.92 Å². The number of anilines is 1. The third-order valence-corrected chi connectivity index (χ3v) is 2.46. The lowest BCUT2D eigenvalue weighted by atomic mass is 10.2. The fourth-order valence-electron chi connectivity index (χ4n) is 1.56. The van der Waals surface area contributed by atoms with Crippen LogP contribution in [0.15, 0.2) is 12.4 Å². The predicted molar refractivity (Wildman–Crippen MR) is 60.3 cm³/mol. The number of rotatable bonds is 4. The van der Waals surface area contributed by atoms with Crippen molar-refractivity contribution in [2.75, 3.05) is 11.9 Å². The van der Waals surface area contributed by atoms with Crippen molar-refractivity contribution >= 4 is 11.3 Å². The zero-order valence-electron chi connectivity index (χ0n) is 9.38. The Morgan fingerprint density at radius 3 is 3.06 bits per heavy atom. The van der Waals surface area contributed by atoms with Crippen molar-refractivity contribution in [2.24, 2.45) is 0 Å². The van der Waals surface area contributed by atoms with Gasteiger partial charge in [-0.15, -0.1) is 10.2 Å². The second kappa shape index (κ2) is 4.44. The van der Waals surface area contributed by atoms with Crippen LogP contribution in [0.4, 0.5) is 5.69 Å². The topological polar surface area (TPSA) is 75.3 Å². The maximum Gasteiger partial charge on any atom is 0.200 e. The number of nitrogens with one attached hydrogen (secondary N) is 1. The Kier molecular flexibility index (Phi) is 3.00. The van der Waals surface area contributed by atoms with E-state index >= 15 is 0 Å². The summed E-state index contributed by atoms with van der Waals surface area (Å²) in [6.45, 7) is 4.02. The maximum atomic E-state index is 9.16. The zero-order chi connectivity index (χ0) is 11.5. The third kappa shape index (κ3) is 1.96. The van der Waals surface area contributed by atoms with E-state index in [-0.39, 0.29) is 12.6 Å². The first-order valence-corrected chi connectivity index (χ1v) is 5.29. The third-order valence-electron chi connectivity index (χ3n) is 2.46. The van der Waals surface area contributed by atoms with Crippen LogP contribution in [0.2, 0.25) is 0 Å². The summed E-state index contributed by atoms with van der Waals surface area (Å²) in [7, 11) is 0. The summed E-state index contributed by atoms with van der Waals surface area (Å²) in [5.41, 5.74) is 2.41. The van der Waals surface area contributed by atoms with Crippen LogP contribution in [-0.2, 0) is 0 Å². The highest BCUT2D eigenvalue weighted by atomic mass is 16.3. The van der Waals surface area contributed by atoms with E-state index in [0.29, 0.717) is 5.65 Å². The van der Waals surface area contributed by atoms with Crippen molar-refractivity contribution in [3.05, 3.63) is 18.1 Å². The molecule has 2 heterocycles. The lowest BCUT2D eigenvalue weighted by molar-refractivity contribution is 0.272. The number of fused-ring (bicyclic) bond motifs is 1. The minimum atomic E-state index is 0.0299. The molecule has 2 aromatic heterocycles. The molecule has 0 fully saturated rings. The van der Waals surface area contributed by atoms with E-state index in [1.807, 2.05) is 19.9 Å². The van der Waals surface area contributed by atoms with Crippen molar-refractivity contribution < 1.29 is 5.11 Å². The monoisotopic (exact) mass is 221 g/mol. The van der Waals surface area contributed by atoms with Gasteiger partial charge in [0.1, 0.15) is 6.33 Å². The fraction of sp³-hybridized carbons (Fsp3) is 0.500. The van der Waals surface area contributed by atoms with Crippen LogP contribution >= 0.6 is 0 Å². The average Bonchev–Trinajstić information content (AvgIpc) is 2.73. The number of aliphatic hydroxyl groups is 1. The summed E-state index contributed by atoms with van der Waals surface area (Å²) in [5, 5.41) is 24.4. The van der Waals surface area contributed by atoms with E-state index in [9.17, 15) is 0 Å². The summed E-state index contributed by atoms with van der Waals surface area (Å²) < 4.78 is 1.63. The molecule has 0 bridgehead atoms. The molecule has 0 amide bonds. The van der Waals surface area contributed by atoms with Crippen LogP contribution in [0.5, 0.6) is 0 Å². The molecule has 6 heteroatoms. The first-order chi connectivity index (χ1) is 7.74. The molecule has 0 aliphatic heterocycles. The van der Waals surface area contributed by atoms with Crippen molar-refractivity contribution in [3.63, 3.8) is 0 Å². The molecule has 2 aromatic rings. The summed E-state index contributed by atoms with van der Waals surface area (Å²) in [6.07, 6.45) is 2.41. The van der Waals surface area contributed by atoms with Crippen molar-refractivity contribution in [2.45, 2.75) is 26.3 Å². The van der Waals surface area contributed by atoms with E-state index in [1.165, 1.54) is 0 Å². The Hall–Kier alpha value is -1.69. The highest BCUT2D eigenvalue weighted by Crippen LogP contribution is 2.16. The average molecular weight is 221 g/mol. The molecule has 1 atom stereocenters. The summed E-state index contributed by atoms with van der Waals surface area (Å²) >= 11 is 0. The van der Waals surface area contributed by atoms with Gasteiger partial charge in [-0.25, -0.2) is 0 Å². The smallest absolute Gasteiger partial charge is 0.200 e. The SMILES string of the molecule is CCC(CO)Nc1cc(C)nn2cnnc12. The normalized spacial score (nSPS) is 12.9. The predicted octanol–water partition coefficient (Wildman–Crippen LogP) is 0.616. The van der Waals surface area contributed by atoms with E-state index in [0.717, 1.165) is 17.8 Å². The lowest BCUT2D eigenvalue weighted by Crippen LogP contribution is -2.23. The van der Waals surface area contributed by atoms with Crippen LogP contribution in [0.1, 0.15) is 19.0 Å². The van der Waals surface area contributed by atoms with Crippen molar-refractivity contribution in [1.29, 1.82) is 0 Å². The first-order valence-electron chi connectivity index (χ1n) is 5.29. The van der Waals surface area contributed by atoms with Gasteiger partial charge in [0.2, 0.25) is 5.65 Å². The van der Waals surface area contributed by atoms with Gasteiger partial charge in [-0.05, 0) is 19.4 Å². The van der Waals surface area contributed by atoms with Gasteiger partial charge in [-0.3, -0.25) is 0 Å². The Bertz CT molecular complexity index is 477. The Labute approximate surface area is 93.3 Å². The molecule has 16 heavy (non-hydrogen) atoms. The molecule has 0 radical (unpaired) electrons. The Morgan fingerprint density at radius 2 is 2.38 bits per heavy atom. The van der Waals surface area contributed by atoms with Gasteiger partial charge in [0.05, 0.1) is 18.0 Å². The number of hydrogen-bond acceptors (Lipinski definition) is 5. The Balaban J connectivity index is 2.38. The molecule has 0 aliphatic carbocycles. The summed E-state index contributed by atoms with van der Waals surface area (Å²) in [6, 6.07) is 1.93. The summed E-state index contributed by atoms with van der Waals surface area (Å²) in [5.74, 6) is 0. The highest BCUT2D eigenvalue weighted by Gasteiger charge is 2.10. The maximum absolute atomic E-state index is 9.16. The van der Waals surface area contributed by atoms with E-state index < -0.39 is 0 Å². The minimum Gasteiger partial charge on any atom is -0.394 e. The standard InChI is InChI=1S/C10H15N5O/c1-3-8(5-16)12-9-4-7(2)14-15-6-11-13-10(9)15/h4,6,8,12,16H,3,5H2,1-2H3. The largest absolute Gasteiger partial charge is 0.394 e. The molecule has 6 nitrogen and oxygen atoms in total. The molecule has 86 valence electrons. The first kappa shape index (κ1) is 10.8. The van der Waals surface area contributed by atoms with E-state index in [4.69, 9.17) is 5.11 Å². The molecule has 0 aromatic carbocycles. The molecule has 0 aliphatic rings. The van der Waals surface area contributed by atoms with Crippen LogP contribution in [-0.4, -0.2) is 37.6 Å². The van der Waals surface area contributed by atoms with E-state index in [1.54, 1.807) is 10.8 Å². The van der Waals surface area contributed by atoms with Gasteiger partial charge >= 0.3 is 0 Å². The molecule has 0 saturated heterocycles. The van der Waals surface area contributed by atoms with Crippen LogP contribution < -0.4 is 5.32 Å². The van der Waals surface area contributed by atoms with Crippen LogP contribution in [0, 0.1) is 6.92 Å². The van der Waals surface area contributed by atoms with Gasteiger partial charge < -0.3 is 10.4 Å². The highest BCUT2D eigenvalue weighted by molar-refractivity contribution is 5.66. The van der Waals surface area contributed by atoms with Gasteiger partial charge in [0, 0.05) is 6.04 Å². The minimum absolute atomic E-state index is 0.0299. The molecule has 2 rings (SSSR count). The summed E-state index contributed by atoms with van der Waals surface area (Å²) in [4.78, 5) is 0. The molecule has 2 N–H and O–H groups in total. The van der Waals surface area contributed by atoms with Gasteiger partial charge in [-0.2, -0.15) is 9.61 Å². The van der Waals surface area contributed by atoms with Gasteiger partial charge in [0.15, 0.2) is 0 Å². The molecular weight excluding hydrogens is 206 g/mol. The molecular formula is C10H15N5O. The second-order valence-corrected chi connectivity index (χ2v) is 3.73. The van der Waals surface area contributed by atoms with Gasteiger partial charge in [0.25, 0.3) is 0 Å². The lowest BCUT2D eigenvalue weighted by Gasteiger charge is -2.15. The molecule has 1 unspecified atom stereocenters. The molecule has 0 saturated carbocycles. The quantitative estimate of drug-likeness (QED) is 0.791.